The van der Waals surface area contributed by atoms with E-state index in [4.69, 9.17) is 0 Å². The van der Waals surface area contributed by atoms with Crippen molar-refractivity contribution in [3.8, 4) is 0 Å². The highest BCUT2D eigenvalue weighted by atomic mass is 16.5. The molecule has 0 aromatic heterocycles. The first-order valence-corrected chi connectivity index (χ1v) is 7.95. The highest BCUT2D eigenvalue weighted by Crippen LogP contribution is 2.18. The molecule has 0 aliphatic carbocycles. The highest BCUT2D eigenvalue weighted by Gasteiger charge is 2.13. The monoisotopic (exact) mass is 338 g/mol. The Kier molecular flexibility index (Phi) is 6.34. The number of amides is 1. The molecule has 0 unspecified atom stereocenters. The van der Waals surface area contributed by atoms with Crippen LogP contribution in [-0.4, -0.2) is 19.0 Å². The van der Waals surface area contributed by atoms with Gasteiger partial charge in [-0.25, -0.2) is 4.79 Å². The molecule has 0 spiro atoms. The number of carbonyl (C=O) groups excluding carboxylic acids is 2. The lowest BCUT2D eigenvalue weighted by Crippen LogP contribution is -2.28. The van der Waals surface area contributed by atoms with Gasteiger partial charge in [-0.15, -0.1) is 0 Å². The predicted molar refractivity (Wildman–Crippen MR) is 97.9 cm³/mol. The third-order valence-electron chi connectivity index (χ3n) is 3.66. The standard InChI is InChI=1S/C20H22N2O3/c1-14-9-10-17(15(2)11-14)22-18(12-19(23)25-3)20(24)21-13-16-7-5-4-6-8-16/h4-12,22H,13H2,1-3H3,(H,21,24)/b18-12-. The first-order chi connectivity index (χ1) is 12.0. The molecule has 5 nitrogen and oxygen atoms in total. The molecule has 25 heavy (non-hydrogen) atoms. The van der Waals surface area contributed by atoms with E-state index in [1.165, 1.54) is 7.11 Å². The molecule has 0 heterocycles. The summed E-state index contributed by atoms with van der Waals surface area (Å²) in [5.74, 6) is -0.976. The maximum atomic E-state index is 12.5. The largest absolute Gasteiger partial charge is 0.466 e. The number of esters is 1. The van der Waals surface area contributed by atoms with E-state index in [1.54, 1.807) is 0 Å². The highest BCUT2D eigenvalue weighted by molar-refractivity contribution is 6.01. The zero-order valence-corrected chi connectivity index (χ0v) is 14.6. The van der Waals surface area contributed by atoms with E-state index >= 15 is 0 Å². The summed E-state index contributed by atoms with van der Waals surface area (Å²) in [6, 6.07) is 15.4. The molecule has 2 N–H and O–H groups in total. The van der Waals surface area contributed by atoms with Gasteiger partial charge in [-0.2, -0.15) is 0 Å². The number of carbonyl (C=O) groups is 2. The summed E-state index contributed by atoms with van der Waals surface area (Å²) in [5.41, 5.74) is 3.96. The van der Waals surface area contributed by atoms with Crippen molar-refractivity contribution in [1.29, 1.82) is 0 Å². The normalized spacial score (nSPS) is 10.9. The quantitative estimate of drug-likeness (QED) is 0.627. The van der Waals surface area contributed by atoms with Crippen LogP contribution in [0.4, 0.5) is 5.69 Å². The number of hydrogen-bond acceptors (Lipinski definition) is 4. The second-order valence-corrected chi connectivity index (χ2v) is 5.69. The Balaban J connectivity index is 2.16. The molecule has 2 rings (SSSR count). The lowest BCUT2D eigenvalue weighted by atomic mass is 10.1. The van der Waals surface area contributed by atoms with Gasteiger partial charge in [-0.05, 0) is 31.0 Å². The van der Waals surface area contributed by atoms with Gasteiger partial charge >= 0.3 is 5.97 Å². The maximum Gasteiger partial charge on any atom is 0.332 e. The molecule has 130 valence electrons. The first-order valence-electron chi connectivity index (χ1n) is 7.95. The summed E-state index contributed by atoms with van der Waals surface area (Å²) < 4.78 is 4.65. The third-order valence-corrected chi connectivity index (χ3v) is 3.66. The fraction of sp³-hybridized carbons (Fsp3) is 0.200. The van der Waals surface area contributed by atoms with E-state index in [-0.39, 0.29) is 11.6 Å². The van der Waals surface area contributed by atoms with Crippen LogP contribution in [0.1, 0.15) is 16.7 Å². The van der Waals surface area contributed by atoms with Crippen molar-refractivity contribution >= 4 is 17.6 Å². The maximum absolute atomic E-state index is 12.5. The summed E-state index contributed by atoms with van der Waals surface area (Å²) >= 11 is 0. The van der Waals surface area contributed by atoms with Crippen LogP contribution in [0, 0.1) is 13.8 Å². The van der Waals surface area contributed by atoms with Crippen molar-refractivity contribution < 1.29 is 14.3 Å². The summed E-state index contributed by atoms with van der Waals surface area (Å²) in [6.45, 7) is 4.30. The van der Waals surface area contributed by atoms with E-state index in [9.17, 15) is 9.59 Å². The molecule has 5 heteroatoms. The Hall–Kier alpha value is -3.08. The number of hydrogen-bond donors (Lipinski definition) is 2. The number of nitrogens with one attached hydrogen (secondary N) is 2. The van der Waals surface area contributed by atoms with E-state index in [0.29, 0.717) is 6.54 Å². The summed E-state index contributed by atoms with van der Waals surface area (Å²) in [4.78, 5) is 24.1. The van der Waals surface area contributed by atoms with Gasteiger partial charge in [0.15, 0.2) is 0 Å². The smallest absolute Gasteiger partial charge is 0.332 e. The molecule has 0 saturated heterocycles. The lowest BCUT2D eigenvalue weighted by molar-refractivity contribution is -0.135. The molecule has 0 radical (unpaired) electrons. The fourth-order valence-electron chi connectivity index (χ4n) is 2.31. The van der Waals surface area contributed by atoms with Gasteiger partial charge < -0.3 is 15.4 Å². The van der Waals surface area contributed by atoms with Crippen LogP contribution in [0.25, 0.3) is 0 Å². The lowest BCUT2D eigenvalue weighted by Gasteiger charge is -2.14. The number of rotatable bonds is 6. The molecule has 2 aromatic rings. The van der Waals surface area contributed by atoms with Crippen LogP contribution in [0.2, 0.25) is 0 Å². The molecule has 0 saturated carbocycles. The number of anilines is 1. The molecular weight excluding hydrogens is 316 g/mol. The Morgan fingerprint density at radius 2 is 1.80 bits per heavy atom. The number of ether oxygens (including phenoxy) is 1. The van der Waals surface area contributed by atoms with Gasteiger partial charge in [0.25, 0.3) is 5.91 Å². The number of benzene rings is 2. The fourth-order valence-corrected chi connectivity index (χ4v) is 2.31. The minimum Gasteiger partial charge on any atom is -0.466 e. The molecule has 0 aliphatic heterocycles. The topological polar surface area (TPSA) is 67.4 Å². The van der Waals surface area contributed by atoms with E-state index < -0.39 is 5.97 Å². The SMILES string of the molecule is COC(=O)/C=C(\Nc1ccc(C)cc1C)C(=O)NCc1ccccc1. The van der Waals surface area contributed by atoms with Crippen molar-refractivity contribution in [3.63, 3.8) is 0 Å². The molecule has 0 aliphatic rings. The molecule has 1 amide bonds. The predicted octanol–water partition coefficient (Wildman–Crippen LogP) is 3.09. The number of aryl methyl sites for hydroxylation is 2. The zero-order chi connectivity index (χ0) is 18.2. The van der Waals surface area contributed by atoms with Gasteiger partial charge in [0, 0.05) is 12.2 Å². The van der Waals surface area contributed by atoms with Crippen LogP contribution >= 0.6 is 0 Å². The van der Waals surface area contributed by atoms with Gasteiger partial charge in [0.2, 0.25) is 0 Å². The van der Waals surface area contributed by atoms with Crippen molar-refractivity contribution in [2.75, 3.05) is 12.4 Å². The van der Waals surface area contributed by atoms with Crippen LogP contribution in [0.15, 0.2) is 60.3 Å². The molecule has 0 fully saturated rings. The Morgan fingerprint density at radius 3 is 2.44 bits per heavy atom. The van der Waals surface area contributed by atoms with Gasteiger partial charge in [0.1, 0.15) is 5.70 Å². The van der Waals surface area contributed by atoms with Crippen LogP contribution in [-0.2, 0) is 20.9 Å². The van der Waals surface area contributed by atoms with Gasteiger partial charge in [-0.1, -0.05) is 48.0 Å². The third kappa shape index (κ3) is 5.49. The zero-order valence-electron chi connectivity index (χ0n) is 14.6. The summed E-state index contributed by atoms with van der Waals surface area (Å²) in [6.07, 6.45) is 1.15. The second kappa shape index (κ2) is 8.68. The van der Waals surface area contributed by atoms with E-state index in [0.717, 1.165) is 28.5 Å². The summed E-state index contributed by atoms with van der Waals surface area (Å²) in [5, 5.41) is 5.83. The van der Waals surface area contributed by atoms with Gasteiger partial charge in [-0.3, -0.25) is 4.79 Å². The average molecular weight is 338 g/mol. The Labute approximate surface area is 147 Å². The molecule has 0 bridgehead atoms. The molecular formula is C20H22N2O3. The van der Waals surface area contributed by atoms with Crippen molar-refractivity contribution in [2.45, 2.75) is 20.4 Å². The van der Waals surface area contributed by atoms with E-state index in [1.807, 2.05) is 62.4 Å². The van der Waals surface area contributed by atoms with Crippen molar-refractivity contribution in [2.24, 2.45) is 0 Å². The minimum atomic E-state index is -0.595. The summed E-state index contributed by atoms with van der Waals surface area (Å²) in [7, 11) is 1.27. The van der Waals surface area contributed by atoms with Crippen LogP contribution in [0.5, 0.6) is 0 Å². The van der Waals surface area contributed by atoms with Crippen molar-refractivity contribution in [3.05, 3.63) is 77.0 Å². The minimum absolute atomic E-state index is 0.134. The average Bonchev–Trinajstić information content (AvgIpc) is 2.61. The Morgan fingerprint density at radius 1 is 1.08 bits per heavy atom. The van der Waals surface area contributed by atoms with Crippen LogP contribution < -0.4 is 10.6 Å². The number of methoxy groups -OCH3 is 1. The van der Waals surface area contributed by atoms with Gasteiger partial charge in [0.05, 0.1) is 13.2 Å². The van der Waals surface area contributed by atoms with E-state index in [2.05, 4.69) is 15.4 Å². The van der Waals surface area contributed by atoms with Crippen molar-refractivity contribution in [1.82, 2.24) is 5.32 Å². The second-order valence-electron chi connectivity index (χ2n) is 5.69. The molecule has 0 atom stereocenters. The first kappa shape index (κ1) is 18.3. The van der Waals surface area contributed by atoms with Crippen LogP contribution in [0.3, 0.4) is 0 Å². The Bertz CT molecular complexity index is 783. The molecule has 2 aromatic carbocycles.